The number of methoxy groups -OCH3 is 1. The fourth-order valence-electron chi connectivity index (χ4n) is 2.97. The van der Waals surface area contributed by atoms with Crippen LogP contribution in [-0.2, 0) is 4.79 Å². The third-order valence-electron chi connectivity index (χ3n) is 4.48. The van der Waals surface area contributed by atoms with Gasteiger partial charge in [0.2, 0.25) is 5.91 Å². The second-order valence-electron chi connectivity index (χ2n) is 7.20. The summed E-state index contributed by atoms with van der Waals surface area (Å²) < 4.78 is 27.7. The van der Waals surface area contributed by atoms with E-state index in [1.54, 1.807) is 13.2 Å². The van der Waals surface area contributed by atoms with Crippen molar-refractivity contribution in [2.24, 2.45) is 0 Å². The van der Waals surface area contributed by atoms with Crippen LogP contribution < -0.4 is 14.8 Å². The Balaban J connectivity index is 1.67. The third kappa shape index (κ3) is 6.01. The molecule has 1 atom stereocenters. The second kappa shape index (κ2) is 10.8. The first-order valence-corrected chi connectivity index (χ1v) is 11.7. The predicted molar refractivity (Wildman–Crippen MR) is 126 cm³/mol. The molecule has 0 aliphatic heterocycles. The smallest absolute Gasteiger partial charge is 0.234 e. The normalized spacial score (nSPS) is 12.0. The van der Waals surface area contributed by atoms with E-state index in [2.05, 4.69) is 31.4 Å². The van der Waals surface area contributed by atoms with Gasteiger partial charge in [-0.05, 0) is 63.2 Å². The van der Waals surface area contributed by atoms with Crippen LogP contribution in [0.15, 0.2) is 52.1 Å². The van der Waals surface area contributed by atoms with E-state index in [-0.39, 0.29) is 29.5 Å². The molecular weight excluding hydrogens is 499 g/mol. The Morgan fingerprint density at radius 2 is 1.84 bits per heavy atom. The number of rotatable bonds is 9. The summed E-state index contributed by atoms with van der Waals surface area (Å²) in [6.07, 6.45) is -0.363. The van der Waals surface area contributed by atoms with Crippen LogP contribution in [0, 0.1) is 5.82 Å². The van der Waals surface area contributed by atoms with Gasteiger partial charge in [0.15, 0.2) is 17.1 Å². The lowest BCUT2D eigenvalue weighted by Gasteiger charge is -2.19. The fraction of sp³-hybridized carbons (Fsp3) is 0.318. The van der Waals surface area contributed by atoms with Crippen LogP contribution in [0.4, 0.5) is 10.1 Å². The predicted octanol–water partition coefficient (Wildman–Crippen LogP) is 5.64. The van der Waals surface area contributed by atoms with Crippen molar-refractivity contribution in [3.63, 3.8) is 0 Å². The molecule has 0 saturated heterocycles. The SMILES string of the molecule is COc1ccc(OC(C)c2nnc(SCC(=O)Nc3ccc(Br)cc3F)n2C(C)C)cc1. The first-order chi connectivity index (χ1) is 15.3. The average molecular weight is 523 g/mol. The van der Waals surface area contributed by atoms with Crippen molar-refractivity contribution in [1.82, 2.24) is 14.8 Å². The maximum absolute atomic E-state index is 14.0. The molecule has 0 saturated carbocycles. The van der Waals surface area contributed by atoms with Gasteiger partial charge in [-0.2, -0.15) is 0 Å². The molecule has 3 rings (SSSR count). The second-order valence-corrected chi connectivity index (χ2v) is 9.06. The summed E-state index contributed by atoms with van der Waals surface area (Å²) in [5.41, 5.74) is 0.131. The minimum absolute atomic E-state index is 0.0522. The van der Waals surface area contributed by atoms with Crippen LogP contribution in [0.3, 0.4) is 0 Å². The highest BCUT2D eigenvalue weighted by Gasteiger charge is 2.22. The van der Waals surface area contributed by atoms with Crippen LogP contribution in [0.1, 0.15) is 38.7 Å². The van der Waals surface area contributed by atoms with E-state index in [4.69, 9.17) is 9.47 Å². The van der Waals surface area contributed by atoms with E-state index < -0.39 is 5.82 Å². The third-order valence-corrected chi connectivity index (χ3v) is 5.92. The highest BCUT2D eigenvalue weighted by atomic mass is 79.9. The monoisotopic (exact) mass is 522 g/mol. The lowest BCUT2D eigenvalue weighted by molar-refractivity contribution is -0.113. The summed E-state index contributed by atoms with van der Waals surface area (Å²) in [6.45, 7) is 5.91. The zero-order valence-electron chi connectivity index (χ0n) is 18.1. The number of nitrogens with zero attached hydrogens (tertiary/aromatic N) is 3. The van der Waals surface area contributed by atoms with Crippen molar-refractivity contribution in [3.05, 3.63) is 58.6 Å². The molecule has 10 heteroatoms. The largest absolute Gasteiger partial charge is 0.497 e. The Morgan fingerprint density at radius 3 is 2.47 bits per heavy atom. The molecular formula is C22H24BrFN4O3S. The van der Waals surface area contributed by atoms with E-state index in [0.717, 1.165) is 5.75 Å². The van der Waals surface area contributed by atoms with Gasteiger partial charge in [-0.25, -0.2) is 4.39 Å². The summed E-state index contributed by atoms with van der Waals surface area (Å²) in [4.78, 5) is 12.3. The van der Waals surface area contributed by atoms with Crippen molar-refractivity contribution in [3.8, 4) is 11.5 Å². The van der Waals surface area contributed by atoms with Crippen molar-refractivity contribution in [2.45, 2.75) is 38.1 Å². The molecule has 1 amide bonds. The Labute approximate surface area is 198 Å². The Hall–Kier alpha value is -2.59. The molecule has 0 spiro atoms. The molecule has 7 nitrogen and oxygen atoms in total. The summed E-state index contributed by atoms with van der Waals surface area (Å²) in [5, 5.41) is 11.7. The molecule has 0 fully saturated rings. The molecule has 0 radical (unpaired) electrons. The summed E-state index contributed by atoms with van der Waals surface area (Å²) in [5.74, 6) is 1.30. The Kier molecular flexibility index (Phi) is 8.14. The fourth-order valence-corrected chi connectivity index (χ4v) is 4.18. The van der Waals surface area contributed by atoms with E-state index in [1.165, 1.54) is 23.9 Å². The Bertz CT molecular complexity index is 1080. The van der Waals surface area contributed by atoms with Crippen molar-refractivity contribution in [2.75, 3.05) is 18.2 Å². The summed E-state index contributed by atoms with van der Waals surface area (Å²) >= 11 is 4.43. The number of benzene rings is 2. The lowest BCUT2D eigenvalue weighted by Crippen LogP contribution is -2.17. The zero-order chi connectivity index (χ0) is 23.3. The maximum atomic E-state index is 14.0. The van der Waals surface area contributed by atoms with Crippen molar-refractivity contribution in [1.29, 1.82) is 0 Å². The number of anilines is 1. The minimum atomic E-state index is -0.505. The van der Waals surface area contributed by atoms with Gasteiger partial charge in [-0.15, -0.1) is 10.2 Å². The number of nitrogens with one attached hydrogen (secondary N) is 1. The molecule has 3 aromatic rings. The van der Waals surface area contributed by atoms with Gasteiger partial charge in [0.05, 0.1) is 18.6 Å². The number of ether oxygens (including phenoxy) is 2. The maximum Gasteiger partial charge on any atom is 0.234 e. The quantitative estimate of drug-likeness (QED) is 0.366. The highest BCUT2D eigenvalue weighted by Crippen LogP contribution is 2.28. The van der Waals surface area contributed by atoms with Crippen LogP contribution in [0.5, 0.6) is 11.5 Å². The number of amides is 1. The van der Waals surface area contributed by atoms with Gasteiger partial charge in [0.25, 0.3) is 0 Å². The molecule has 0 aliphatic rings. The number of hydrogen-bond acceptors (Lipinski definition) is 6. The van der Waals surface area contributed by atoms with Crippen LogP contribution in [-0.4, -0.2) is 33.5 Å². The number of carbonyl (C=O) groups is 1. The van der Waals surface area contributed by atoms with Gasteiger partial charge >= 0.3 is 0 Å². The number of hydrogen-bond donors (Lipinski definition) is 1. The standard InChI is InChI=1S/C22H24BrFN4O3S/c1-13(2)28-21(14(3)31-17-8-6-16(30-4)7-9-17)26-27-22(28)32-12-20(29)25-19-10-5-15(23)11-18(19)24/h5-11,13-14H,12H2,1-4H3,(H,25,29). The lowest BCUT2D eigenvalue weighted by atomic mass is 10.3. The van der Waals surface area contributed by atoms with E-state index >= 15 is 0 Å². The van der Waals surface area contributed by atoms with Crippen molar-refractivity contribution < 1.29 is 18.7 Å². The average Bonchev–Trinajstić information content (AvgIpc) is 3.19. The minimum Gasteiger partial charge on any atom is -0.497 e. The molecule has 1 aromatic heterocycles. The topological polar surface area (TPSA) is 78.3 Å². The highest BCUT2D eigenvalue weighted by molar-refractivity contribution is 9.10. The molecule has 2 aromatic carbocycles. The zero-order valence-corrected chi connectivity index (χ0v) is 20.5. The Morgan fingerprint density at radius 1 is 1.16 bits per heavy atom. The first kappa shape index (κ1) is 24.1. The van der Waals surface area contributed by atoms with Crippen molar-refractivity contribution >= 4 is 39.3 Å². The van der Waals surface area contributed by atoms with Gasteiger partial charge in [-0.1, -0.05) is 27.7 Å². The van der Waals surface area contributed by atoms with Gasteiger partial charge in [0, 0.05) is 10.5 Å². The molecule has 1 heterocycles. The summed E-state index contributed by atoms with van der Waals surface area (Å²) in [6, 6.07) is 11.8. The van der Waals surface area contributed by atoms with Crippen LogP contribution >= 0.6 is 27.7 Å². The number of halogens is 2. The molecule has 0 bridgehead atoms. The molecule has 170 valence electrons. The van der Waals surface area contributed by atoms with Crippen LogP contribution in [0.25, 0.3) is 0 Å². The molecule has 1 unspecified atom stereocenters. The molecule has 32 heavy (non-hydrogen) atoms. The van der Waals surface area contributed by atoms with Gasteiger partial charge in [0.1, 0.15) is 17.3 Å². The van der Waals surface area contributed by atoms with E-state index in [0.29, 0.717) is 21.2 Å². The number of carbonyl (C=O) groups excluding carboxylic acids is 1. The van der Waals surface area contributed by atoms with Gasteiger partial charge in [-0.3, -0.25) is 4.79 Å². The van der Waals surface area contributed by atoms with Crippen LogP contribution in [0.2, 0.25) is 0 Å². The van der Waals surface area contributed by atoms with Gasteiger partial charge < -0.3 is 19.4 Å². The van der Waals surface area contributed by atoms with E-state index in [9.17, 15) is 9.18 Å². The molecule has 0 aliphatic carbocycles. The van der Waals surface area contributed by atoms with E-state index in [1.807, 2.05) is 49.6 Å². The summed E-state index contributed by atoms with van der Waals surface area (Å²) in [7, 11) is 1.61. The number of thioether (sulfide) groups is 1. The number of aromatic nitrogens is 3. The molecule has 1 N–H and O–H groups in total. The first-order valence-electron chi connectivity index (χ1n) is 9.91.